The Kier molecular flexibility index (Phi) is 15.4. The molecule has 1 aliphatic carbocycles. The van der Waals surface area contributed by atoms with Crippen molar-refractivity contribution in [2.45, 2.75) is 131 Å². The molecule has 0 radical (unpaired) electrons. The number of nitrogens with one attached hydrogen (secondary N) is 1. The fraction of sp³-hybridized carbons (Fsp3) is 0.574. The summed E-state index contributed by atoms with van der Waals surface area (Å²) >= 11 is 0. The number of Topliss-reactive ketones (excluding diaryl/α,β-unsaturated/α-hetero) is 1. The number of anilines is 1. The number of phenols is 2. The zero-order valence-electron chi connectivity index (χ0n) is 37.5. The second-order valence-corrected chi connectivity index (χ2v) is 17.2. The van der Waals surface area contributed by atoms with Gasteiger partial charge in [-0.3, -0.25) is 19.2 Å². The Hall–Kier alpha value is -5.12. The molecule has 0 aromatic heterocycles. The van der Waals surface area contributed by atoms with Crippen LogP contribution in [-0.2, 0) is 28.6 Å². The van der Waals surface area contributed by atoms with Crippen LogP contribution < -0.4 is 14.8 Å². The van der Waals surface area contributed by atoms with Gasteiger partial charge < -0.3 is 54.3 Å². The number of amides is 2. The highest BCUT2D eigenvalue weighted by atomic mass is 16.7. The second-order valence-electron chi connectivity index (χ2n) is 17.2. The summed E-state index contributed by atoms with van der Waals surface area (Å²) in [6.07, 6.45) is 8.53. The number of fused-ring (bicyclic) bond motifs is 14. The molecule has 2 amide bonds. The number of hydrogen-bond acceptors (Lipinski definition) is 13. The fourth-order valence-corrected chi connectivity index (χ4v) is 9.00. The molecule has 1 fully saturated rings. The highest BCUT2D eigenvalue weighted by molar-refractivity contribution is 6.21. The number of ether oxygens (including phenoxy) is 5. The first kappa shape index (κ1) is 47.9. The third kappa shape index (κ3) is 9.74. The van der Waals surface area contributed by atoms with Crippen LogP contribution in [0.25, 0.3) is 10.8 Å². The number of ketones is 1. The Bertz CT molecular complexity index is 2110. The molecule has 62 heavy (non-hydrogen) atoms. The number of phenolic OH excluding ortho intramolecular Hbond substituents is 2. The van der Waals surface area contributed by atoms with Crippen LogP contribution in [-0.4, -0.2) is 105 Å². The van der Waals surface area contributed by atoms with Crippen molar-refractivity contribution in [3.8, 4) is 23.0 Å². The number of carbonyl (C=O) groups is 4. The molecule has 6 rings (SSSR count). The van der Waals surface area contributed by atoms with Crippen molar-refractivity contribution in [3.63, 3.8) is 0 Å². The standard InChI is InChI=1S/C47H64N2O13/c1-11-49(31-18-13-12-14-19-31)35(51)23-59-34-22-32-42(55)37-36(34)38-44(29(7)41(37)54)62-47(9,45(38)56)60-21-20-33(58-10)26(4)43(61-30(8)50)28(6)40(53)27(5)39(52)24(2)16-15-17-25(3)46(57)48-32/h15-17,20-22,24,26-28,31,33,39-40,43,52-55H,11-14,18-19,23H2,1-10H3,(H,48,57)/b16-15+,21-20+,25-17+/t24-,26+,27+,28+,33-,39-,40+,43+,47-/m0/s1. The van der Waals surface area contributed by atoms with Crippen molar-refractivity contribution in [2.75, 3.05) is 25.6 Å². The number of benzene rings is 2. The fourth-order valence-electron chi connectivity index (χ4n) is 9.00. The highest BCUT2D eigenvalue weighted by Gasteiger charge is 2.50. The van der Waals surface area contributed by atoms with Crippen LogP contribution in [0.4, 0.5) is 5.69 Å². The molecule has 5 N–H and O–H groups in total. The van der Waals surface area contributed by atoms with E-state index in [1.807, 2.05) is 6.92 Å². The SMILES string of the molecule is CCN(C(=O)COc1cc2c(O)c3c(O)c(C)c4c(c13)C(=O)[C@@](C)(O/C=C/[C@H](OC)[C@@H](C)[C@@H](OC(C)=O)[C@H](C)[C@H](O)[C@H](C)[C@@H](O)[C@@H](C)/C=C/C=C(\C)C(=O)N2)O4)C1CCCCC1. The minimum absolute atomic E-state index is 0.0448. The molecular weight excluding hydrogens is 801 g/mol. The molecule has 3 heterocycles. The lowest BCUT2D eigenvalue weighted by Gasteiger charge is -2.38. The molecule has 340 valence electrons. The van der Waals surface area contributed by atoms with Gasteiger partial charge in [-0.1, -0.05) is 65.2 Å². The maximum absolute atomic E-state index is 14.6. The Morgan fingerprint density at radius 1 is 0.952 bits per heavy atom. The third-order valence-corrected chi connectivity index (χ3v) is 12.8. The summed E-state index contributed by atoms with van der Waals surface area (Å²) < 4.78 is 30.0. The van der Waals surface area contributed by atoms with Crippen LogP contribution in [0, 0.1) is 30.6 Å². The van der Waals surface area contributed by atoms with Crippen LogP contribution in [0.15, 0.2) is 42.2 Å². The van der Waals surface area contributed by atoms with Gasteiger partial charge in [-0.05, 0) is 39.7 Å². The predicted octanol–water partition coefficient (Wildman–Crippen LogP) is 6.61. The number of methoxy groups -OCH3 is 1. The number of rotatable bonds is 7. The first-order chi connectivity index (χ1) is 29.3. The number of nitrogens with zero attached hydrogens (tertiary/aromatic N) is 1. The first-order valence-corrected chi connectivity index (χ1v) is 21.6. The number of likely N-dealkylation sites (N-methyl/N-ethyl adjacent to an activating group) is 1. The summed E-state index contributed by atoms with van der Waals surface area (Å²) in [4.78, 5) is 56.2. The smallest absolute Gasteiger partial charge is 0.312 e. The Morgan fingerprint density at radius 3 is 2.26 bits per heavy atom. The summed E-state index contributed by atoms with van der Waals surface area (Å²) in [6, 6.07) is 1.36. The van der Waals surface area contributed by atoms with Gasteiger partial charge in [-0.15, -0.1) is 0 Å². The zero-order valence-corrected chi connectivity index (χ0v) is 37.5. The molecular formula is C47H64N2O13. The molecule has 0 saturated heterocycles. The predicted molar refractivity (Wildman–Crippen MR) is 232 cm³/mol. The second kappa shape index (κ2) is 19.9. The van der Waals surface area contributed by atoms with Crippen LogP contribution >= 0.6 is 0 Å². The van der Waals surface area contributed by atoms with Gasteiger partial charge >= 0.3 is 11.8 Å². The largest absolute Gasteiger partial charge is 0.507 e. The van der Waals surface area contributed by atoms with Crippen LogP contribution in [0.3, 0.4) is 0 Å². The Labute approximate surface area is 363 Å². The van der Waals surface area contributed by atoms with Gasteiger partial charge in [-0.25, -0.2) is 0 Å². The molecule has 2 aromatic carbocycles. The van der Waals surface area contributed by atoms with Crippen LogP contribution in [0.2, 0.25) is 0 Å². The lowest BCUT2D eigenvalue weighted by atomic mass is 9.78. The van der Waals surface area contributed by atoms with Crippen molar-refractivity contribution in [1.29, 1.82) is 0 Å². The van der Waals surface area contributed by atoms with E-state index in [1.54, 1.807) is 51.7 Å². The molecule has 4 aliphatic rings. The summed E-state index contributed by atoms with van der Waals surface area (Å²) in [5, 5.41) is 48.8. The van der Waals surface area contributed by atoms with Crippen molar-refractivity contribution < 1.29 is 63.3 Å². The van der Waals surface area contributed by atoms with Gasteiger partial charge in [0.1, 0.15) is 23.4 Å². The summed E-state index contributed by atoms with van der Waals surface area (Å²) in [7, 11) is 1.44. The number of aliphatic hydroxyl groups is 2. The number of carbonyl (C=O) groups excluding carboxylic acids is 4. The quantitative estimate of drug-likeness (QED) is 0.147. The molecule has 0 unspecified atom stereocenters. The first-order valence-electron chi connectivity index (χ1n) is 21.6. The topological polar surface area (TPSA) is 211 Å². The minimum Gasteiger partial charge on any atom is -0.507 e. The average molecular weight is 865 g/mol. The van der Waals surface area contributed by atoms with Gasteiger partial charge in [0, 0.05) is 79.8 Å². The molecule has 0 spiro atoms. The van der Waals surface area contributed by atoms with E-state index in [-0.39, 0.29) is 56.6 Å². The van der Waals surface area contributed by atoms with Gasteiger partial charge in [0.25, 0.3) is 17.6 Å². The monoisotopic (exact) mass is 864 g/mol. The number of allylic oxidation sites excluding steroid dienone is 2. The average Bonchev–Trinajstić information content (AvgIpc) is 3.51. The van der Waals surface area contributed by atoms with Crippen molar-refractivity contribution in [3.05, 3.63) is 53.3 Å². The lowest BCUT2D eigenvalue weighted by molar-refractivity contribution is -0.160. The summed E-state index contributed by atoms with van der Waals surface area (Å²) in [5.74, 6) is -7.85. The summed E-state index contributed by atoms with van der Waals surface area (Å²) in [6.45, 7) is 14.5. The molecule has 15 nitrogen and oxygen atoms in total. The molecule has 3 aliphatic heterocycles. The van der Waals surface area contributed by atoms with E-state index in [2.05, 4.69) is 5.32 Å². The number of aromatic hydroxyl groups is 2. The van der Waals surface area contributed by atoms with Crippen LogP contribution in [0.1, 0.15) is 103 Å². The number of aliphatic hydroxyl groups excluding tert-OH is 2. The number of hydrogen-bond donors (Lipinski definition) is 5. The molecule has 9 atom stereocenters. The van der Waals surface area contributed by atoms with E-state index < -0.39 is 89.6 Å². The zero-order chi connectivity index (χ0) is 45.8. The van der Waals surface area contributed by atoms with Gasteiger partial charge in [-0.2, -0.15) is 0 Å². The lowest BCUT2D eigenvalue weighted by Crippen LogP contribution is -2.46. The van der Waals surface area contributed by atoms with E-state index in [1.165, 1.54) is 52.4 Å². The van der Waals surface area contributed by atoms with Gasteiger partial charge in [0.05, 0.1) is 41.2 Å². The van der Waals surface area contributed by atoms with Crippen molar-refractivity contribution in [2.24, 2.45) is 23.7 Å². The maximum Gasteiger partial charge on any atom is 0.312 e. The van der Waals surface area contributed by atoms with Gasteiger partial charge in [0.2, 0.25) is 0 Å². The molecule has 15 heteroatoms. The molecule has 1 saturated carbocycles. The molecule has 5 bridgehead atoms. The Balaban J connectivity index is 1.66. The van der Waals surface area contributed by atoms with E-state index in [9.17, 15) is 39.6 Å². The highest BCUT2D eigenvalue weighted by Crippen LogP contribution is 2.54. The number of esters is 1. The maximum atomic E-state index is 14.6. The third-order valence-electron chi connectivity index (χ3n) is 12.8. The van der Waals surface area contributed by atoms with E-state index in [0.717, 1.165) is 32.1 Å². The normalized spacial score (nSPS) is 30.7. The Morgan fingerprint density at radius 2 is 1.63 bits per heavy atom. The summed E-state index contributed by atoms with van der Waals surface area (Å²) in [5.41, 5.74) is 0.0418. The van der Waals surface area contributed by atoms with Crippen molar-refractivity contribution in [1.82, 2.24) is 4.90 Å². The molecule has 2 aromatic rings. The van der Waals surface area contributed by atoms with Crippen molar-refractivity contribution >= 4 is 40.0 Å². The van der Waals surface area contributed by atoms with E-state index in [4.69, 9.17) is 23.7 Å². The minimum atomic E-state index is -2.02. The van der Waals surface area contributed by atoms with E-state index in [0.29, 0.717) is 6.54 Å². The van der Waals surface area contributed by atoms with E-state index >= 15 is 0 Å². The van der Waals surface area contributed by atoms with Gasteiger partial charge in [0.15, 0.2) is 12.4 Å². The van der Waals surface area contributed by atoms with Crippen LogP contribution in [0.5, 0.6) is 23.0 Å².